The van der Waals surface area contributed by atoms with Gasteiger partial charge in [-0.05, 0) is 37.0 Å². The molecule has 0 saturated heterocycles. The highest BCUT2D eigenvalue weighted by Crippen LogP contribution is 2.32. The summed E-state index contributed by atoms with van der Waals surface area (Å²) in [7, 11) is -3.66. The number of carbonyl (C=O) groups is 2. The minimum atomic E-state index is -3.66. The zero-order valence-corrected chi connectivity index (χ0v) is 14.1. The van der Waals surface area contributed by atoms with Crippen molar-refractivity contribution in [3.63, 3.8) is 0 Å². The Morgan fingerprint density at radius 1 is 1.32 bits per heavy atom. The average molecular weight is 390 g/mol. The molecule has 0 unspecified atom stereocenters. The summed E-state index contributed by atoms with van der Waals surface area (Å²) in [6.07, 6.45) is 1.37. The van der Waals surface area contributed by atoms with E-state index in [0.29, 0.717) is 24.8 Å². The van der Waals surface area contributed by atoms with Crippen molar-refractivity contribution in [1.82, 2.24) is 5.32 Å². The molecule has 2 rings (SSSR count). The molecule has 1 aromatic rings. The molecular formula is C14H16BrNO5S. The van der Waals surface area contributed by atoms with Gasteiger partial charge in [0.1, 0.15) is 11.3 Å². The standard InChI is InChI=1S/C14H16BrNO5S/c15-11-4-1-3-10(7-11)8-22(20,21)9-12(17)16-14(13(18)19)5-2-6-14/h1,3-4,7H,2,5-6,8-9H2,(H,16,17)(H,18,19). The Bertz CT molecular complexity index is 697. The number of carbonyl (C=O) groups excluding carboxylic acids is 1. The lowest BCUT2D eigenvalue weighted by Crippen LogP contribution is -2.60. The van der Waals surface area contributed by atoms with Crippen LogP contribution in [-0.4, -0.2) is 36.7 Å². The number of carboxylic acids is 1. The molecule has 1 aliphatic rings. The lowest BCUT2D eigenvalue weighted by atomic mass is 9.77. The van der Waals surface area contributed by atoms with Crippen molar-refractivity contribution in [3.05, 3.63) is 34.3 Å². The first-order valence-electron chi connectivity index (χ1n) is 6.72. The van der Waals surface area contributed by atoms with Crippen molar-refractivity contribution in [3.8, 4) is 0 Å². The molecular weight excluding hydrogens is 374 g/mol. The number of aliphatic carboxylic acids is 1. The van der Waals surface area contributed by atoms with Gasteiger partial charge >= 0.3 is 5.97 Å². The quantitative estimate of drug-likeness (QED) is 0.767. The van der Waals surface area contributed by atoms with Gasteiger partial charge in [-0.25, -0.2) is 13.2 Å². The van der Waals surface area contributed by atoms with Gasteiger partial charge in [-0.3, -0.25) is 4.79 Å². The molecule has 1 fully saturated rings. The van der Waals surface area contributed by atoms with Crippen LogP contribution < -0.4 is 5.32 Å². The zero-order valence-electron chi connectivity index (χ0n) is 11.7. The third-order valence-corrected chi connectivity index (χ3v) is 5.59. The second-order valence-electron chi connectivity index (χ2n) is 5.45. The van der Waals surface area contributed by atoms with Crippen LogP contribution in [0.1, 0.15) is 24.8 Å². The van der Waals surface area contributed by atoms with Gasteiger partial charge in [0.05, 0.1) is 5.75 Å². The van der Waals surface area contributed by atoms with Crippen molar-refractivity contribution < 1.29 is 23.1 Å². The van der Waals surface area contributed by atoms with E-state index in [1.807, 2.05) is 0 Å². The fourth-order valence-corrected chi connectivity index (χ4v) is 4.06. The normalized spacial score (nSPS) is 16.6. The van der Waals surface area contributed by atoms with Gasteiger partial charge in [-0.1, -0.05) is 28.1 Å². The topological polar surface area (TPSA) is 101 Å². The molecule has 6 nitrogen and oxygen atoms in total. The van der Waals surface area contributed by atoms with Gasteiger partial charge in [-0.15, -0.1) is 0 Å². The maximum absolute atomic E-state index is 12.1. The first kappa shape index (κ1) is 17.0. The number of benzene rings is 1. The van der Waals surface area contributed by atoms with Crippen LogP contribution >= 0.6 is 15.9 Å². The number of carboxylic acid groups (broad SMARTS) is 1. The summed E-state index contributed by atoms with van der Waals surface area (Å²) >= 11 is 3.25. The summed E-state index contributed by atoms with van der Waals surface area (Å²) in [5, 5.41) is 11.5. The molecule has 1 aliphatic carbocycles. The molecule has 0 spiro atoms. The second kappa shape index (κ2) is 6.37. The van der Waals surface area contributed by atoms with Crippen molar-refractivity contribution in [2.75, 3.05) is 5.75 Å². The smallest absolute Gasteiger partial charge is 0.329 e. The van der Waals surface area contributed by atoms with Gasteiger partial charge in [0.2, 0.25) is 5.91 Å². The molecule has 22 heavy (non-hydrogen) atoms. The first-order chi connectivity index (χ1) is 10.2. The number of nitrogens with one attached hydrogen (secondary N) is 1. The van der Waals surface area contributed by atoms with Crippen LogP contribution in [0.4, 0.5) is 0 Å². The van der Waals surface area contributed by atoms with Crippen LogP contribution in [0, 0.1) is 0 Å². The van der Waals surface area contributed by atoms with Gasteiger partial charge in [0.15, 0.2) is 9.84 Å². The van der Waals surface area contributed by atoms with Gasteiger partial charge < -0.3 is 10.4 Å². The average Bonchev–Trinajstić information content (AvgIpc) is 2.31. The highest BCUT2D eigenvalue weighted by molar-refractivity contribution is 9.10. The zero-order chi connectivity index (χ0) is 16.4. The van der Waals surface area contributed by atoms with E-state index in [1.165, 1.54) is 0 Å². The van der Waals surface area contributed by atoms with Crippen molar-refractivity contribution in [1.29, 1.82) is 0 Å². The third-order valence-electron chi connectivity index (χ3n) is 3.62. The highest BCUT2D eigenvalue weighted by atomic mass is 79.9. The summed E-state index contributed by atoms with van der Waals surface area (Å²) in [6, 6.07) is 6.81. The summed E-state index contributed by atoms with van der Waals surface area (Å²) in [5.74, 6) is -2.86. The number of rotatable bonds is 6. The molecule has 0 radical (unpaired) electrons. The van der Waals surface area contributed by atoms with E-state index in [9.17, 15) is 18.0 Å². The maximum atomic E-state index is 12.1. The van der Waals surface area contributed by atoms with E-state index in [1.54, 1.807) is 24.3 Å². The molecule has 1 amide bonds. The monoisotopic (exact) mass is 389 g/mol. The summed E-state index contributed by atoms with van der Waals surface area (Å²) < 4.78 is 24.9. The van der Waals surface area contributed by atoms with Crippen LogP contribution in [0.3, 0.4) is 0 Å². The highest BCUT2D eigenvalue weighted by Gasteiger charge is 2.45. The Hall–Kier alpha value is -1.41. The summed E-state index contributed by atoms with van der Waals surface area (Å²) in [6.45, 7) is 0. The van der Waals surface area contributed by atoms with Crippen LogP contribution in [0.15, 0.2) is 28.7 Å². The Morgan fingerprint density at radius 3 is 2.50 bits per heavy atom. The van der Waals surface area contributed by atoms with Crippen LogP contribution in [0.25, 0.3) is 0 Å². The fourth-order valence-electron chi connectivity index (χ4n) is 2.36. The maximum Gasteiger partial charge on any atom is 0.329 e. The Labute approximate surface area is 137 Å². The van der Waals surface area contributed by atoms with Gasteiger partial charge in [-0.2, -0.15) is 0 Å². The van der Waals surface area contributed by atoms with Crippen LogP contribution in [-0.2, 0) is 25.2 Å². The van der Waals surface area contributed by atoms with E-state index in [4.69, 9.17) is 5.11 Å². The lowest BCUT2D eigenvalue weighted by Gasteiger charge is -2.38. The van der Waals surface area contributed by atoms with Crippen molar-refractivity contribution in [2.24, 2.45) is 0 Å². The SMILES string of the molecule is O=C(CS(=O)(=O)Cc1cccc(Br)c1)NC1(C(=O)O)CCC1. The van der Waals surface area contributed by atoms with Crippen molar-refractivity contribution in [2.45, 2.75) is 30.6 Å². The molecule has 0 atom stereocenters. The van der Waals surface area contributed by atoms with E-state index < -0.39 is 33.0 Å². The molecule has 0 bridgehead atoms. The van der Waals surface area contributed by atoms with E-state index in [0.717, 1.165) is 4.47 Å². The van der Waals surface area contributed by atoms with E-state index in [-0.39, 0.29) is 5.75 Å². The molecule has 0 heterocycles. The lowest BCUT2D eigenvalue weighted by molar-refractivity contribution is -0.151. The van der Waals surface area contributed by atoms with Gasteiger partial charge in [0.25, 0.3) is 0 Å². The van der Waals surface area contributed by atoms with Crippen LogP contribution in [0.2, 0.25) is 0 Å². The Morgan fingerprint density at radius 2 is 2.00 bits per heavy atom. The molecule has 0 aliphatic heterocycles. The summed E-state index contributed by atoms with van der Waals surface area (Å²) in [4.78, 5) is 23.0. The number of hydrogen-bond donors (Lipinski definition) is 2. The van der Waals surface area contributed by atoms with E-state index >= 15 is 0 Å². The predicted octanol–water partition coefficient (Wildman–Crippen LogP) is 1.49. The number of halogens is 1. The number of hydrogen-bond acceptors (Lipinski definition) is 4. The second-order valence-corrected chi connectivity index (χ2v) is 8.43. The molecule has 0 aromatic heterocycles. The Balaban J connectivity index is 1.99. The molecule has 8 heteroatoms. The predicted molar refractivity (Wildman–Crippen MR) is 84.0 cm³/mol. The number of sulfone groups is 1. The molecule has 1 aromatic carbocycles. The Kier molecular flexibility index (Phi) is 4.91. The van der Waals surface area contributed by atoms with Crippen LogP contribution in [0.5, 0.6) is 0 Å². The molecule has 120 valence electrons. The minimum Gasteiger partial charge on any atom is -0.480 e. The number of amides is 1. The summed E-state index contributed by atoms with van der Waals surface area (Å²) in [5.41, 5.74) is -0.721. The van der Waals surface area contributed by atoms with Gasteiger partial charge in [0, 0.05) is 4.47 Å². The van der Waals surface area contributed by atoms with Crippen molar-refractivity contribution >= 4 is 37.6 Å². The third kappa shape index (κ3) is 4.07. The largest absolute Gasteiger partial charge is 0.480 e. The fraction of sp³-hybridized carbons (Fsp3) is 0.429. The van der Waals surface area contributed by atoms with E-state index in [2.05, 4.69) is 21.2 Å². The first-order valence-corrected chi connectivity index (χ1v) is 9.33. The molecule has 2 N–H and O–H groups in total. The minimum absolute atomic E-state index is 0.264. The molecule has 1 saturated carbocycles.